The third-order valence-corrected chi connectivity index (χ3v) is 14.5. The maximum atomic E-state index is 14.4. The van der Waals surface area contributed by atoms with E-state index in [-0.39, 0.29) is 54.8 Å². The number of nitrogens with zero attached hydrogens (tertiary/aromatic N) is 1. The summed E-state index contributed by atoms with van der Waals surface area (Å²) in [7, 11) is 4.52. The number of piperidine rings is 1. The highest BCUT2D eigenvalue weighted by Gasteiger charge is 2.53. The van der Waals surface area contributed by atoms with E-state index in [0.717, 1.165) is 12.0 Å². The van der Waals surface area contributed by atoms with Crippen LogP contribution in [0.3, 0.4) is 0 Å². The Morgan fingerprint density at radius 2 is 1.53 bits per heavy atom. The van der Waals surface area contributed by atoms with Gasteiger partial charge in [0.25, 0.3) is 11.7 Å². The summed E-state index contributed by atoms with van der Waals surface area (Å²) in [6.07, 6.45) is 11.2. The van der Waals surface area contributed by atoms with Gasteiger partial charge in [-0.25, -0.2) is 15.3 Å². The molecule has 4 aliphatic rings. The van der Waals surface area contributed by atoms with E-state index in [4.69, 9.17) is 34.2 Å². The van der Waals surface area contributed by atoms with Gasteiger partial charge in [0.05, 0.1) is 24.4 Å². The molecule has 3 fully saturated rings. The van der Waals surface area contributed by atoms with Crippen molar-refractivity contribution in [3.8, 4) is 0 Å². The first-order chi connectivity index (χ1) is 32.2. The molecule has 2 saturated heterocycles. The van der Waals surface area contributed by atoms with Crippen LogP contribution in [0.4, 0.5) is 0 Å². The van der Waals surface area contributed by atoms with Crippen molar-refractivity contribution in [3.63, 3.8) is 0 Å². The van der Waals surface area contributed by atoms with E-state index >= 15 is 0 Å². The van der Waals surface area contributed by atoms with Crippen LogP contribution < -0.4 is 0 Å². The molecular weight excluding hydrogens is 883 g/mol. The molecule has 0 radical (unpaired) electrons. The van der Waals surface area contributed by atoms with Gasteiger partial charge in [0.1, 0.15) is 30.1 Å². The van der Waals surface area contributed by atoms with E-state index in [0.29, 0.717) is 63.4 Å². The topological polar surface area (TPSA) is 245 Å². The third-order valence-electron chi connectivity index (χ3n) is 14.5. The largest absolute Gasteiger partial charge is 0.460 e. The van der Waals surface area contributed by atoms with Crippen LogP contribution in [0, 0.1) is 35.5 Å². The van der Waals surface area contributed by atoms with Crippen molar-refractivity contribution in [1.29, 1.82) is 0 Å². The zero-order valence-corrected chi connectivity index (χ0v) is 41.9. The van der Waals surface area contributed by atoms with Gasteiger partial charge in [-0.3, -0.25) is 19.2 Å². The van der Waals surface area contributed by atoms with Crippen LogP contribution in [0.5, 0.6) is 0 Å². The van der Waals surface area contributed by atoms with E-state index in [9.17, 15) is 39.3 Å². The Morgan fingerprint density at radius 3 is 2.18 bits per heavy atom. The Hall–Kier alpha value is -3.49. The van der Waals surface area contributed by atoms with E-state index in [1.54, 1.807) is 41.1 Å². The Kier molecular flexibility index (Phi) is 24.6. The van der Waals surface area contributed by atoms with Crippen molar-refractivity contribution in [2.75, 3.05) is 27.9 Å². The average Bonchev–Trinajstić information content (AvgIpc) is 3.31. The second kappa shape index (κ2) is 28.4. The Balaban J connectivity index is 0.00000397. The lowest BCUT2D eigenvalue weighted by molar-refractivity contribution is -0.465. The molecule has 68 heavy (non-hydrogen) atoms. The molecule has 5 N–H and O–H groups in total. The highest BCUT2D eigenvalue weighted by molar-refractivity contribution is 6.39. The molecule has 3 aliphatic heterocycles. The first-order valence-electron chi connectivity index (χ1n) is 24.3. The summed E-state index contributed by atoms with van der Waals surface area (Å²) in [6.45, 7) is 12.7. The van der Waals surface area contributed by atoms with Crippen LogP contribution in [-0.4, -0.2) is 142 Å². The first-order valence-corrected chi connectivity index (χ1v) is 24.3. The summed E-state index contributed by atoms with van der Waals surface area (Å²) in [5.41, 5.74) is 1.27. The standard InChI is InChI=1S/C51H79NO13.H2O3/c1-30-16-12-11-13-17-31(2)42(61-8)28-38-21-19-36(7)51(60,65-38)48(57)49(58)52-23-15-14-18-39(52)50(59)64-43(33(4)26-37-20-22-40(53)44(27-37)62-9)29-41(54)32(3)25-35(6)46(56)47(63-10)45(55)34(5)24-30;1-3-2/h11-13,16-17,25,30,32-34,36-40,42-44,46-47,53,56,60H,14-15,18-24,26-29H2,1-10H3;1-2H/b13-11?,16-12+,31-17?,35-25+;/t30-,32-,33-,34-,36-,37+,38+,39+,40-,42+,43+,44-,46-,47+,51-;/m1./s1. The summed E-state index contributed by atoms with van der Waals surface area (Å²) >= 11 is 0. The van der Waals surface area contributed by atoms with Crippen LogP contribution in [0.1, 0.15) is 126 Å². The number of ether oxygens (including phenoxy) is 5. The zero-order valence-electron chi connectivity index (χ0n) is 41.9. The lowest BCUT2D eigenvalue weighted by Crippen LogP contribution is -2.61. The summed E-state index contributed by atoms with van der Waals surface area (Å²) in [4.78, 5) is 71.8. The second-order valence-electron chi connectivity index (χ2n) is 19.7. The lowest BCUT2D eigenvalue weighted by atomic mass is 9.78. The van der Waals surface area contributed by atoms with E-state index in [1.165, 1.54) is 12.0 Å². The molecule has 1 aliphatic carbocycles. The van der Waals surface area contributed by atoms with E-state index in [1.807, 2.05) is 58.1 Å². The van der Waals surface area contributed by atoms with Crippen LogP contribution in [-0.2, 0) is 52.7 Å². The molecule has 15 atom stereocenters. The molecule has 386 valence electrons. The molecule has 1 saturated carbocycles. The van der Waals surface area contributed by atoms with Crippen molar-refractivity contribution >= 4 is 29.2 Å². The van der Waals surface area contributed by atoms with Gasteiger partial charge in [-0.05, 0) is 107 Å². The molecular formula is C51H81NO16. The van der Waals surface area contributed by atoms with Gasteiger partial charge in [-0.2, -0.15) is 0 Å². The number of hydrogen-bond acceptors (Lipinski definition) is 16. The highest BCUT2D eigenvalue weighted by atomic mass is 17.4. The van der Waals surface area contributed by atoms with Crippen LogP contribution in [0.2, 0.25) is 0 Å². The molecule has 0 aromatic heterocycles. The SMILES string of the molecule is CO[C@H]1C[C@@H]2CC[C@@H](C)[C@@](O)(O2)C(=O)C(=O)N2CCCC[C@H]2C(=O)O[C@H]([C@H](C)C[C@@H]2CC[C@@H](O)[C@H](OC)C2)CC(=O)[C@H](C)/C=C(\C)[C@@H](O)[C@@H](OC)C(=O)[C@H](C)C[C@H](C)/C=C/C=CC=C1C.OOO. The zero-order chi connectivity index (χ0) is 50.9. The number of allylic oxidation sites excluding steroid dienone is 6. The minimum absolute atomic E-state index is 0.0193. The van der Waals surface area contributed by atoms with Gasteiger partial charge in [0.15, 0.2) is 5.78 Å². The van der Waals surface area contributed by atoms with Crippen molar-refractivity contribution < 1.29 is 78.5 Å². The van der Waals surface area contributed by atoms with Gasteiger partial charge in [0, 0.05) is 58.5 Å². The predicted molar refractivity (Wildman–Crippen MR) is 251 cm³/mol. The lowest BCUT2D eigenvalue weighted by Gasteiger charge is -2.42. The molecule has 0 unspecified atom stereocenters. The fraction of sp³-hybridized carbons (Fsp3) is 0.745. The van der Waals surface area contributed by atoms with E-state index < -0.39 is 83.9 Å². The van der Waals surface area contributed by atoms with E-state index in [2.05, 4.69) is 5.04 Å². The number of ketones is 3. The van der Waals surface area contributed by atoms with Gasteiger partial charge in [0.2, 0.25) is 5.79 Å². The number of carbonyl (C=O) groups is 5. The minimum Gasteiger partial charge on any atom is -0.460 e. The fourth-order valence-corrected chi connectivity index (χ4v) is 10.1. The minimum atomic E-state index is -2.43. The first kappa shape index (κ1) is 58.8. The summed E-state index contributed by atoms with van der Waals surface area (Å²) < 4.78 is 29.4. The Morgan fingerprint density at radius 1 is 0.838 bits per heavy atom. The number of aliphatic hydroxyl groups excluding tert-OH is 2. The van der Waals surface area contributed by atoms with Crippen LogP contribution >= 0.6 is 0 Å². The number of methoxy groups -OCH3 is 3. The second-order valence-corrected chi connectivity index (χ2v) is 19.7. The van der Waals surface area contributed by atoms with Crippen molar-refractivity contribution in [1.82, 2.24) is 4.90 Å². The quantitative estimate of drug-likeness (QED) is 0.0661. The maximum absolute atomic E-state index is 14.4. The fourth-order valence-electron chi connectivity index (χ4n) is 10.1. The molecule has 3 heterocycles. The van der Waals surface area contributed by atoms with Gasteiger partial charge >= 0.3 is 5.97 Å². The monoisotopic (exact) mass is 964 g/mol. The Bertz CT molecular complexity index is 1780. The molecule has 0 spiro atoms. The molecule has 0 aromatic carbocycles. The number of carbonyl (C=O) groups excluding carboxylic acids is 5. The van der Waals surface area contributed by atoms with Gasteiger partial charge < -0.3 is 43.9 Å². The van der Waals surface area contributed by atoms with Gasteiger partial charge in [-0.15, -0.1) is 0 Å². The Labute approximate surface area is 402 Å². The number of esters is 1. The van der Waals surface area contributed by atoms with Crippen LogP contribution in [0.15, 0.2) is 47.6 Å². The number of Topliss-reactive ketones (excluding diaryl/α,β-unsaturated/α-hetero) is 3. The summed E-state index contributed by atoms with van der Waals surface area (Å²) in [5, 5.41) is 49.3. The number of cyclic esters (lactones) is 1. The van der Waals surface area contributed by atoms with Gasteiger partial charge in [-0.1, -0.05) is 76.1 Å². The predicted octanol–water partition coefficient (Wildman–Crippen LogP) is 6.13. The number of rotatable bonds is 6. The summed E-state index contributed by atoms with van der Waals surface area (Å²) in [5.74, 6) is -7.96. The third kappa shape index (κ3) is 16.3. The normalized spacial score (nSPS) is 37.7. The highest BCUT2D eigenvalue weighted by Crippen LogP contribution is 2.38. The number of fused-ring (bicyclic) bond motifs is 3. The molecule has 17 nitrogen and oxygen atoms in total. The molecule has 0 aromatic rings. The summed E-state index contributed by atoms with van der Waals surface area (Å²) in [6, 6.07) is -1.14. The molecule has 4 rings (SSSR count). The smallest absolute Gasteiger partial charge is 0.329 e. The molecule has 2 bridgehead atoms. The average molecular weight is 964 g/mol. The number of hydrogen-bond donors (Lipinski definition) is 5. The van der Waals surface area contributed by atoms with Crippen molar-refractivity contribution in [2.24, 2.45) is 35.5 Å². The van der Waals surface area contributed by atoms with Crippen molar-refractivity contribution in [2.45, 2.75) is 180 Å². The number of amides is 1. The van der Waals surface area contributed by atoms with Crippen LogP contribution in [0.25, 0.3) is 0 Å². The number of aliphatic hydroxyl groups is 3. The maximum Gasteiger partial charge on any atom is 0.329 e. The molecule has 1 amide bonds. The van der Waals surface area contributed by atoms with Crippen molar-refractivity contribution in [3.05, 3.63) is 47.6 Å². The molecule has 17 heteroatoms.